The lowest BCUT2D eigenvalue weighted by molar-refractivity contribution is -0.188. The first-order valence-electron chi connectivity index (χ1n) is 7.90. The molecule has 0 aliphatic carbocycles. The number of halogens is 3. The number of benzene rings is 1. The number of carboxylic acids is 1. The number of hydrogen-bond acceptors (Lipinski definition) is 3. The Morgan fingerprint density at radius 1 is 1.12 bits per heavy atom. The van der Waals surface area contributed by atoms with Crippen LogP contribution in [0.3, 0.4) is 0 Å². The largest absolute Gasteiger partial charge is 0.481 e. The molecule has 1 fully saturated rings. The fourth-order valence-electron chi connectivity index (χ4n) is 2.95. The van der Waals surface area contributed by atoms with E-state index in [1.165, 1.54) is 26.0 Å². The molecule has 0 saturated carbocycles. The number of rotatable bonds is 4. The average molecular weight is 372 g/mol. The average Bonchev–Trinajstić information content (AvgIpc) is 3.00. The number of hydrogen-bond donors (Lipinski definition) is 2. The van der Waals surface area contributed by atoms with E-state index in [4.69, 9.17) is 5.11 Å². The number of likely N-dealkylation sites (tertiary alicyclic amines) is 1. The summed E-state index contributed by atoms with van der Waals surface area (Å²) in [6, 6.07) is 8.05. The van der Waals surface area contributed by atoms with Crippen molar-refractivity contribution in [2.24, 2.45) is 11.8 Å². The minimum atomic E-state index is -4.73. The van der Waals surface area contributed by atoms with Crippen molar-refractivity contribution in [2.75, 3.05) is 13.1 Å². The van der Waals surface area contributed by atoms with Gasteiger partial charge in [0.1, 0.15) is 5.54 Å². The quantitative estimate of drug-likeness (QED) is 0.845. The van der Waals surface area contributed by atoms with Gasteiger partial charge >= 0.3 is 12.1 Å². The third-order valence-electron chi connectivity index (χ3n) is 4.34. The number of carbonyl (C=O) groups excluding carboxylic acids is 2. The molecule has 0 aromatic heterocycles. The fraction of sp³-hybridized carbons (Fsp3) is 0.471. The predicted octanol–water partition coefficient (Wildman–Crippen LogP) is 1.92. The van der Waals surface area contributed by atoms with Gasteiger partial charge in [-0.3, -0.25) is 14.4 Å². The molecule has 1 heterocycles. The third kappa shape index (κ3) is 4.14. The van der Waals surface area contributed by atoms with Crippen LogP contribution >= 0.6 is 0 Å². The van der Waals surface area contributed by atoms with Gasteiger partial charge in [-0.25, -0.2) is 0 Å². The Kier molecular flexibility index (Phi) is 5.29. The van der Waals surface area contributed by atoms with Crippen LogP contribution in [0.2, 0.25) is 0 Å². The normalized spacial score (nSPS) is 20.7. The summed E-state index contributed by atoms with van der Waals surface area (Å²) in [4.78, 5) is 36.8. The van der Waals surface area contributed by atoms with Gasteiger partial charge in [0.05, 0.1) is 11.8 Å². The second kappa shape index (κ2) is 6.97. The van der Waals surface area contributed by atoms with Gasteiger partial charge in [0.15, 0.2) is 0 Å². The van der Waals surface area contributed by atoms with Gasteiger partial charge in [0.25, 0.3) is 5.91 Å². The van der Waals surface area contributed by atoms with Gasteiger partial charge in [-0.1, -0.05) is 18.2 Å². The maximum atomic E-state index is 13.1. The zero-order valence-corrected chi connectivity index (χ0v) is 14.2. The Morgan fingerprint density at radius 2 is 1.69 bits per heavy atom. The molecule has 0 radical (unpaired) electrons. The van der Waals surface area contributed by atoms with Gasteiger partial charge in [-0.2, -0.15) is 13.2 Å². The van der Waals surface area contributed by atoms with Crippen LogP contribution in [0.1, 0.15) is 24.2 Å². The Hall–Kier alpha value is -2.58. The number of nitrogens with zero attached hydrogens (tertiary/aromatic N) is 1. The molecule has 1 saturated heterocycles. The van der Waals surface area contributed by atoms with Crippen molar-refractivity contribution >= 4 is 17.8 Å². The lowest BCUT2D eigenvalue weighted by atomic mass is 9.96. The van der Waals surface area contributed by atoms with Gasteiger partial charge in [-0.15, -0.1) is 0 Å². The highest BCUT2D eigenvalue weighted by Gasteiger charge is 2.54. The van der Waals surface area contributed by atoms with Crippen LogP contribution in [-0.4, -0.2) is 52.6 Å². The summed E-state index contributed by atoms with van der Waals surface area (Å²) >= 11 is 0. The number of carbonyl (C=O) groups is 3. The maximum Gasteiger partial charge on any atom is 0.394 e. The van der Waals surface area contributed by atoms with Gasteiger partial charge in [0, 0.05) is 18.7 Å². The van der Waals surface area contributed by atoms with E-state index in [0.717, 1.165) is 4.90 Å². The van der Waals surface area contributed by atoms with Crippen molar-refractivity contribution in [3.05, 3.63) is 35.9 Å². The third-order valence-corrected chi connectivity index (χ3v) is 4.34. The molecule has 1 aliphatic heterocycles. The molecule has 0 unspecified atom stereocenters. The van der Waals surface area contributed by atoms with E-state index in [2.05, 4.69) is 5.32 Å². The van der Waals surface area contributed by atoms with Crippen molar-refractivity contribution in [3.8, 4) is 0 Å². The van der Waals surface area contributed by atoms with E-state index in [-0.39, 0.29) is 0 Å². The number of alkyl halides is 3. The Balaban J connectivity index is 2.14. The van der Waals surface area contributed by atoms with Crippen LogP contribution in [0.25, 0.3) is 0 Å². The highest BCUT2D eigenvalue weighted by atomic mass is 19.4. The highest BCUT2D eigenvalue weighted by molar-refractivity contribution is 5.99. The molecular weight excluding hydrogens is 353 g/mol. The minimum absolute atomic E-state index is 0.298. The molecule has 2 atom stereocenters. The molecule has 2 N–H and O–H groups in total. The number of amides is 2. The Labute approximate surface area is 148 Å². The Morgan fingerprint density at radius 3 is 2.15 bits per heavy atom. The van der Waals surface area contributed by atoms with Crippen LogP contribution < -0.4 is 5.32 Å². The molecule has 1 aliphatic rings. The zero-order chi connectivity index (χ0) is 19.7. The molecule has 26 heavy (non-hydrogen) atoms. The molecule has 6 nitrogen and oxygen atoms in total. The molecule has 1 aromatic rings. The van der Waals surface area contributed by atoms with Crippen molar-refractivity contribution in [1.82, 2.24) is 10.2 Å². The van der Waals surface area contributed by atoms with Crippen LogP contribution in [-0.2, 0) is 9.59 Å². The van der Waals surface area contributed by atoms with Crippen molar-refractivity contribution in [2.45, 2.75) is 25.6 Å². The van der Waals surface area contributed by atoms with E-state index in [0.29, 0.717) is 5.56 Å². The number of aliphatic carboxylic acids is 1. The highest BCUT2D eigenvalue weighted by Crippen LogP contribution is 2.38. The lowest BCUT2D eigenvalue weighted by Crippen LogP contribution is -2.55. The van der Waals surface area contributed by atoms with Gasteiger partial charge in [-0.05, 0) is 26.0 Å². The second-order valence-electron chi connectivity index (χ2n) is 6.75. The first-order valence-corrected chi connectivity index (χ1v) is 7.90. The monoisotopic (exact) mass is 372 g/mol. The first-order chi connectivity index (χ1) is 11.9. The summed E-state index contributed by atoms with van der Waals surface area (Å²) in [6.07, 6.45) is -4.73. The summed E-state index contributed by atoms with van der Waals surface area (Å²) in [7, 11) is 0. The summed E-state index contributed by atoms with van der Waals surface area (Å²) in [5.41, 5.74) is -1.19. The Bertz CT molecular complexity index is 704. The summed E-state index contributed by atoms with van der Waals surface area (Å²) in [5, 5.41) is 11.5. The van der Waals surface area contributed by atoms with Crippen LogP contribution in [0.4, 0.5) is 13.2 Å². The van der Waals surface area contributed by atoms with Crippen molar-refractivity contribution < 1.29 is 32.7 Å². The molecule has 2 rings (SSSR count). The standard InChI is InChI=1S/C17H19F3N2O4/c1-16(2,21-13(23)10-6-4-3-5-7-10)15(26)22-8-11(14(24)25)12(9-22)17(18,19)20/h3-7,11-12H,8-9H2,1-2H3,(H,21,23)(H,24,25)/t11-,12-/m1/s1. The molecule has 2 amide bonds. The lowest BCUT2D eigenvalue weighted by Gasteiger charge is -2.30. The van der Waals surface area contributed by atoms with Crippen LogP contribution in [0, 0.1) is 11.8 Å². The van der Waals surface area contributed by atoms with E-state index in [9.17, 15) is 27.6 Å². The maximum absolute atomic E-state index is 13.1. The van der Waals surface area contributed by atoms with Crippen LogP contribution in [0.5, 0.6) is 0 Å². The molecule has 1 aromatic carbocycles. The van der Waals surface area contributed by atoms with Gasteiger partial charge < -0.3 is 15.3 Å². The van der Waals surface area contributed by atoms with E-state index in [1.807, 2.05) is 0 Å². The molecule has 0 spiro atoms. The topological polar surface area (TPSA) is 86.7 Å². The van der Waals surface area contributed by atoms with Crippen molar-refractivity contribution in [3.63, 3.8) is 0 Å². The molecule has 142 valence electrons. The second-order valence-corrected chi connectivity index (χ2v) is 6.75. The number of nitrogens with one attached hydrogen (secondary N) is 1. The van der Waals surface area contributed by atoms with E-state index < -0.39 is 54.4 Å². The smallest absolute Gasteiger partial charge is 0.394 e. The fourth-order valence-corrected chi connectivity index (χ4v) is 2.95. The summed E-state index contributed by atoms with van der Waals surface area (Å²) in [5.74, 6) is -6.78. The van der Waals surface area contributed by atoms with E-state index in [1.54, 1.807) is 18.2 Å². The van der Waals surface area contributed by atoms with Gasteiger partial charge in [0.2, 0.25) is 5.91 Å². The molecule has 0 bridgehead atoms. The molecule has 9 heteroatoms. The first kappa shape index (κ1) is 19.7. The zero-order valence-electron chi connectivity index (χ0n) is 14.2. The van der Waals surface area contributed by atoms with Crippen LogP contribution in [0.15, 0.2) is 30.3 Å². The molecular formula is C17H19F3N2O4. The predicted molar refractivity (Wildman–Crippen MR) is 85.2 cm³/mol. The SMILES string of the molecule is CC(C)(NC(=O)c1ccccc1)C(=O)N1C[C@@H](C(F)(F)F)[C@H](C(=O)O)C1. The van der Waals surface area contributed by atoms with E-state index >= 15 is 0 Å². The van der Waals surface area contributed by atoms with Crippen molar-refractivity contribution in [1.29, 1.82) is 0 Å². The number of carboxylic acid groups (broad SMARTS) is 1. The summed E-state index contributed by atoms with van der Waals surface area (Å²) < 4.78 is 39.2. The summed E-state index contributed by atoms with van der Waals surface area (Å²) in [6.45, 7) is 1.44. The minimum Gasteiger partial charge on any atom is -0.481 e.